The summed E-state index contributed by atoms with van der Waals surface area (Å²) < 4.78 is 3.36. The molecular weight excluding hydrogens is 416 g/mol. The summed E-state index contributed by atoms with van der Waals surface area (Å²) in [6, 6.07) is 4.63. The summed E-state index contributed by atoms with van der Waals surface area (Å²) in [5.41, 5.74) is 8.58. The van der Waals surface area contributed by atoms with Crippen molar-refractivity contribution in [3.05, 3.63) is 33.7 Å². The third kappa shape index (κ3) is 2.66. The highest BCUT2D eigenvalue weighted by atomic mass is 35.5. The molecule has 3 aromatic heterocycles. The summed E-state index contributed by atoms with van der Waals surface area (Å²) >= 11 is 6.70. The van der Waals surface area contributed by atoms with Crippen LogP contribution < -0.4 is 16.2 Å². The van der Waals surface area contributed by atoms with Crippen molar-refractivity contribution >= 4 is 39.5 Å². The lowest BCUT2D eigenvalue weighted by Gasteiger charge is -2.38. The van der Waals surface area contributed by atoms with Gasteiger partial charge in [-0.3, -0.25) is 19.1 Å². The molecule has 10 heteroatoms. The van der Waals surface area contributed by atoms with Crippen LogP contribution in [0.3, 0.4) is 0 Å². The number of nitrogens with two attached hydrogens (primary N) is 1. The molecule has 9 nitrogen and oxygen atoms in total. The number of halogens is 1. The smallest absolute Gasteiger partial charge is 0.266 e. The van der Waals surface area contributed by atoms with Crippen LogP contribution in [0, 0.1) is 0 Å². The number of benzene rings is 1. The fourth-order valence-corrected chi connectivity index (χ4v) is 5.69. The van der Waals surface area contributed by atoms with Crippen molar-refractivity contribution in [2.45, 2.75) is 43.8 Å². The normalized spacial score (nSPS) is 23.4. The first kappa shape index (κ1) is 18.8. The minimum absolute atomic E-state index is 0.139. The minimum Gasteiger partial charge on any atom is -0.336 e. The second kappa shape index (κ2) is 6.54. The monoisotopic (exact) mass is 438 g/mol. The Kier molecular flexibility index (Phi) is 3.97. The van der Waals surface area contributed by atoms with Gasteiger partial charge in [-0.25, -0.2) is 0 Å². The Morgan fingerprint density at radius 3 is 2.68 bits per heavy atom. The molecule has 160 valence electrons. The van der Waals surface area contributed by atoms with Gasteiger partial charge < -0.3 is 10.6 Å². The Morgan fingerprint density at radius 1 is 1.19 bits per heavy atom. The van der Waals surface area contributed by atoms with Crippen molar-refractivity contribution in [3.8, 4) is 11.3 Å². The Morgan fingerprint density at radius 2 is 1.94 bits per heavy atom. The highest BCUT2D eigenvalue weighted by Gasteiger charge is 2.41. The number of aromatic nitrogens is 6. The Hall–Kier alpha value is -2.91. The zero-order valence-corrected chi connectivity index (χ0v) is 18.1. The molecule has 1 aromatic carbocycles. The third-order valence-electron chi connectivity index (χ3n) is 6.78. The predicted molar refractivity (Wildman–Crippen MR) is 120 cm³/mol. The number of hydrogen-bond donors (Lipinski definition) is 2. The molecule has 4 aromatic rings. The van der Waals surface area contributed by atoms with Crippen LogP contribution in [-0.4, -0.2) is 47.7 Å². The van der Waals surface area contributed by atoms with E-state index in [0.717, 1.165) is 36.6 Å². The van der Waals surface area contributed by atoms with Crippen LogP contribution in [0.5, 0.6) is 0 Å². The third-order valence-corrected chi connectivity index (χ3v) is 7.19. The molecule has 5 heterocycles. The molecule has 0 saturated carbocycles. The molecule has 2 saturated heterocycles. The van der Waals surface area contributed by atoms with Crippen molar-refractivity contribution in [2.75, 3.05) is 4.90 Å². The fourth-order valence-electron chi connectivity index (χ4n) is 5.39. The van der Waals surface area contributed by atoms with Gasteiger partial charge in [-0.05, 0) is 37.8 Å². The average Bonchev–Trinajstić information content (AvgIpc) is 3.39. The molecule has 2 bridgehead atoms. The van der Waals surface area contributed by atoms with E-state index in [4.69, 9.17) is 22.3 Å². The first-order valence-corrected chi connectivity index (χ1v) is 10.9. The van der Waals surface area contributed by atoms with E-state index in [1.807, 2.05) is 25.4 Å². The lowest BCUT2D eigenvalue weighted by Crippen LogP contribution is -2.49. The highest BCUT2D eigenvalue weighted by Crippen LogP contribution is 2.39. The average molecular weight is 439 g/mol. The number of hydrogen-bond acceptors (Lipinski definition) is 6. The summed E-state index contributed by atoms with van der Waals surface area (Å²) in [4.78, 5) is 20.6. The molecule has 0 radical (unpaired) electrons. The van der Waals surface area contributed by atoms with Gasteiger partial charge in [0.25, 0.3) is 5.56 Å². The zero-order chi connectivity index (χ0) is 21.4. The summed E-state index contributed by atoms with van der Waals surface area (Å²) in [5.74, 6) is 0.670. The molecule has 0 amide bonds. The van der Waals surface area contributed by atoms with Crippen LogP contribution in [0.25, 0.3) is 33.2 Å². The molecule has 0 aliphatic carbocycles. The van der Waals surface area contributed by atoms with Crippen molar-refractivity contribution in [1.29, 1.82) is 0 Å². The Bertz CT molecular complexity index is 1390. The van der Waals surface area contributed by atoms with E-state index in [9.17, 15) is 4.79 Å². The maximum absolute atomic E-state index is 13.5. The van der Waals surface area contributed by atoms with Crippen molar-refractivity contribution in [3.63, 3.8) is 0 Å². The van der Waals surface area contributed by atoms with Gasteiger partial charge in [0, 0.05) is 49.4 Å². The first-order valence-electron chi connectivity index (χ1n) is 10.5. The van der Waals surface area contributed by atoms with Crippen molar-refractivity contribution in [2.24, 2.45) is 19.8 Å². The molecule has 2 unspecified atom stereocenters. The fraction of sp³-hybridized carbons (Fsp3) is 0.429. The van der Waals surface area contributed by atoms with Crippen LogP contribution in [0.2, 0.25) is 5.02 Å². The van der Waals surface area contributed by atoms with Gasteiger partial charge in [-0.2, -0.15) is 15.2 Å². The number of nitrogens with zero attached hydrogens (tertiary/aromatic N) is 6. The number of aryl methyl sites for hydroxylation is 1. The van der Waals surface area contributed by atoms with Gasteiger partial charge in [0.05, 0.1) is 16.2 Å². The Labute approximate surface area is 182 Å². The van der Waals surface area contributed by atoms with E-state index in [2.05, 4.69) is 20.2 Å². The number of fused-ring (bicyclic) bond motifs is 4. The molecule has 31 heavy (non-hydrogen) atoms. The number of piperidine rings is 1. The summed E-state index contributed by atoms with van der Waals surface area (Å²) in [5, 5.41) is 13.6. The van der Waals surface area contributed by atoms with Gasteiger partial charge in [-0.1, -0.05) is 11.6 Å². The second-order valence-electron chi connectivity index (χ2n) is 8.76. The van der Waals surface area contributed by atoms with Gasteiger partial charge in [0.2, 0.25) is 5.95 Å². The number of nitrogens with one attached hydrogen (secondary N) is 1. The molecule has 2 atom stereocenters. The van der Waals surface area contributed by atoms with E-state index in [-0.39, 0.29) is 11.6 Å². The minimum atomic E-state index is -0.139. The van der Waals surface area contributed by atoms with E-state index < -0.39 is 0 Å². The first-order chi connectivity index (χ1) is 14.9. The summed E-state index contributed by atoms with van der Waals surface area (Å²) in [6.07, 6.45) is 5.89. The maximum atomic E-state index is 13.5. The number of rotatable bonds is 2. The van der Waals surface area contributed by atoms with Gasteiger partial charge >= 0.3 is 0 Å². The van der Waals surface area contributed by atoms with Crippen LogP contribution in [0.1, 0.15) is 25.7 Å². The maximum Gasteiger partial charge on any atom is 0.266 e. The molecular formula is C21H23ClN8O. The van der Waals surface area contributed by atoms with Crippen LogP contribution in [0.15, 0.2) is 23.1 Å². The largest absolute Gasteiger partial charge is 0.336 e. The van der Waals surface area contributed by atoms with E-state index >= 15 is 0 Å². The van der Waals surface area contributed by atoms with Gasteiger partial charge in [-0.15, -0.1) is 0 Å². The SMILES string of the molecule is Cn1cc2c(Cl)c(-c3[nH]nc4nc(N5C6CCC5CC(N)C6)n(C)c(=O)c34)ccc2n1. The highest BCUT2D eigenvalue weighted by molar-refractivity contribution is 6.38. The molecule has 2 aliphatic heterocycles. The zero-order valence-electron chi connectivity index (χ0n) is 17.3. The lowest BCUT2D eigenvalue weighted by atomic mass is 9.98. The molecule has 3 N–H and O–H groups in total. The topological polar surface area (TPSA) is 111 Å². The van der Waals surface area contributed by atoms with Crippen LogP contribution in [0.4, 0.5) is 5.95 Å². The number of anilines is 1. The summed E-state index contributed by atoms with van der Waals surface area (Å²) in [6.45, 7) is 0. The quantitative estimate of drug-likeness (QED) is 0.497. The van der Waals surface area contributed by atoms with Crippen molar-refractivity contribution < 1.29 is 0 Å². The van der Waals surface area contributed by atoms with Gasteiger partial charge in [0.15, 0.2) is 5.65 Å². The molecule has 2 aliphatic rings. The molecule has 6 rings (SSSR count). The predicted octanol–water partition coefficient (Wildman–Crippen LogP) is 2.32. The summed E-state index contributed by atoms with van der Waals surface area (Å²) in [7, 11) is 3.63. The van der Waals surface area contributed by atoms with Gasteiger partial charge in [0.1, 0.15) is 5.39 Å². The second-order valence-corrected chi connectivity index (χ2v) is 9.14. The van der Waals surface area contributed by atoms with Crippen LogP contribution >= 0.6 is 11.6 Å². The molecule has 0 spiro atoms. The Balaban J connectivity index is 1.52. The number of aromatic amines is 1. The van der Waals surface area contributed by atoms with Crippen molar-refractivity contribution in [1.82, 2.24) is 29.5 Å². The van der Waals surface area contributed by atoms with E-state index in [0.29, 0.717) is 45.3 Å². The number of H-pyrrole nitrogens is 1. The van der Waals surface area contributed by atoms with Crippen LogP contribution in [-0.2, 0) is 14.1 Å². The lowest BCUT2D eigenvalue weighted by molar-refractivity contribution is 0.405. The van der Waals surface area contributed by atoms with E-state index in [1.54, 1.807) is 16.3 Å². The molecule has 2 fully saturated rings. The van der Waals surface area contributed by atoms with E-state index in [1.165, 1.54) is 0 Å². The standard InChI is InChI=1S/C21H23ClN8O/c1-28-9-14-15(27-28)6-5-13(17(14)22)18-16-19(26-25-18)24-21(29(2)20(16)31)30-11-3-4-12(30)8-10(23)7-11/h5-6,9-12H,3-4,7-8,23H2,1-2H3,(H,25,26).